The van der Waals surface area contributed by atoms with Crippen LogP contribution in [0.3, 0.4) is 0 Å². The molecule has 0 aromatic heterocycles. The smallest absolute Gasteiger partial charge is 0.232 e. The van der Waals surface area contributed by atoms with E-state index in [0.29, 0.717) is 18.5 Å². The van der Waals surface area contributed by atoms with Crippen molar-refractivity contribution >= 4 is 21.6 Å². The van der Waals surface area contributed by atoms with Crippen LogP contribution >= 0.6 is 0 Å². The van der Waals surface area contributed by atoms with E-state index in [-0.39, 0.29) is 19.0 Å². The Morgan fingerprint density at radius 1 is 1.04 bits per heavy atom. The number of benzene rings is 2. The highest BCUT2D eigenvalue weighted by Gasteiger charge is 2.21. The fraction of sp³-hybridized carbons (Fsp3) is 0.381. The number of aryl methyl sites for hydroxylation is 4. The predicted octanol–water partition coefficient (Wildman–Crippen LogP) is 3.13. The van der Waals surface area contributed by atoms with Crippen LogP contribution in [0.15, 0.2) is 42.5 Å². The molecule has 0 aliphatic carbocycles. The van der Waals surface area contributed by atoms with Gasteiger partial charge >= 0.3 is 0 Å². The quantitative estimate of drug-likeness (QED) is 0.755. The molecular formula is C21H28N2O3S. The fourth-order valence-corrected chi connectivity index (χ4v) is 4.34. The van der Waals surface area contributed by atoms with Gasteiger partial charge in [0.2, 0.25) is 15.9 Å². The minimum absolute atomic E-state index is 0.0790. The van der Waals surface area contributed by atoms with Crippen LogP contribution in [0.2, 0.25) is 0 Å². The molecule has 1 amide bonds. The van der Waals surface area contributed by atoms with Gasteiger partial charge in [-0.05, 0) is 43.9 Å². The molecule has 0 fully saturated rings. The molecule has 0 bridgehead atoms. The number of carbonyl (C=O) groups excluding carboxylic acids is 1. The zero-order valence-corrected chi connectivity index (χ0v) is 17.3. The molecule has 6 heteroatoms. The van der Waals surface area contributed by atoms with E-state index in [1.165, 1.54) is 10.6 Å². The largest absolute Gasteiger partial charge is 0.354 e. The van der Waals surface area contributed by atoms with Crippen molar-refractivity contribution in [1.29, 1.82) is 0 Å². The minimum atomic E-state index is -3.45. The lowest BCUT2D eigenvalue weighted by atomic mass is 10.1. The highest BCUT2D eigenvalue weighted by molar-refractivity contribution is 7.92. The van der Waals surface area contributed by atoms with Crippen LogP contribution in [-0.4, -0.2) is 33.7 Å². The van der Waals surface area contributed by atoms with Crippen LogP contribution in [0.5, 0.6) is 0 Å². The second-order valence-corrected chi connectivity index (χ2v) is 8.82. The van der Waals surface area contributed by atoms with E-state index in [2.05, 4.69) is 5.32 Å². The standard InChI is InChI=1S/C21H28N2O3S/c1-16-14-17(2)21(18(3)15-16)23(27(4,25)26)13-12-22-20(24)11-10-19-8-6-5-7-9-19/h5-9,14-15H,10-13H2,1-4H3,(H,22,24). The summed E-state index contributed by atoms with van der Waals surface area (Å²) in [5, 5.41) is 2.83. The molecule has 0 spiro atoms. The van der Waals surface area contributed by atoms with Gasteiger partial charge in [-0.15, -0.1) is 0 Å². The maximum absolute atomic E-state index is 12.3. The summed E-state index contributed by atoms with van der Waals surface area (Å²) in [7, 11) is -3.45. The molecule has 0 saturated carbocycles. The Labute approximate surface area is 162 Å². The first-order valence-corrected chi connectivity index (χ1v) is 10.9. The van der Waals surface area contributed by atoms with Crippen LogP contribution in [0.1, 0.15) is 28.7 Å². The summed E-state index contributed by atoms with van der Waals surface area (Å²) >= 11 is 0. The minimum Gasteiger partial charge on any atom is -0.354 e. The van der Waals surface area contributed by atoms with Crippen molar-refractivity contribution in [1.82, 2.24) is 5.32 Å². The molecule has 0 aliphatic heterocycles. The van der Waals surface area contributed by atoms with Crippen molar-refractivity contribution in [3.05, 3.63) is 64.7 Å². The highest BCUT2D eigenvalue weighted by Crippen LogP contribution is 2.27. The Balaban J connectivity index is 1.99. The summed E-state index contributed by atoms with van der Waals surface area (Å²) in [6.07, 6.45) is 2.24. The van der Waals surface area contributed by atoms with Crippen LogP contribution in [-0.2, 0) is 21.2 Å². The van der Waals surface area contributed by atoms with E-state index >= 15 is 0 Å². The van der Waals surface area contributed by atoms with Crippen molar-refractivity contribution in [2.24, 2.45) is 0 Å². The molecule has 0 saturated heterocycles. The van der Waals surface area contributed by atoms with E-state index in [1.807, 2.05) is 63.2 Å². The molecule has 0 aliphatic rings. The Hall–Kier alpha value is -2.34. The average molecular weight is 389 g/mol. The number of amides is 1. The molecule has 0 unspecified atom stereocenters. The van der Waals surface area contributed by atoms with E-state index < -0.39 is 10.0 Å². The van der Waals surface area contributed by atoms with Gasteiger partial charge in [-0.25, -0.2) is 8.42 Å². The van der Waals surface area contributed by atoms with Crippen LogP contribution in [0.25, 0.3) is 0 Å². The Morgan fingerprint density at radius 3 is 2.19 bits per heavy atom. The van der Waals surface area contributed by atoms with Gasteiger partial charge in [0.1, 0.15) is 0 Å². The SMILES string of the molecule is Cc1cc(C)c(N(CCNC(=O)CCc2ccccc2)S(C)(=O)=O)c(C)c1. The van der Waals surface area contributed by atoms with Gasteiger partial charge in [0.15, 0.2) is 0 Å². The molecule has 0 heterocycles. The Kier molecular flexibility index (Phi) is 7.02. The zero-order chi connectivity index (χ0) is 20.0. The number of hydrogen-bond acceptors (Lipinski definition) is 3. The van der Waals surface area contributed by atoms with E-state index in [0.717, 1.165) is 22.3 Å². The number of anilines is 1. The third kappa shape index (κ3) is 6.10. The molecule has 2 rings (SSSR count). The van der Waals surface area contributed by atoms with Gasteiger partial charge in [-0.3, -0.25) is 9.10 Å². The van der Waals surface area contributed by atoms with Crippen molar-refractivity contribution in [3.63, 3.8) is 0 Å². The summed E-state index contributed by atoms with van der Waals surface area (Å²) in [4.78, 5) is 12.1. The van der Waals surface area contributed by atoms with Gasteiger partial charge in [0.25, 0.3) is 0 Å². The van der Waals surface area contributed by atoms with Gasteiger partial charge in [-0.1, -0.05) is 48.0 Å². The van der Waals surface area contributed by atoms with Crippen molar-refractivity contribution in [3.8, 4) is 0 Å². The average Bonchev–Trinajstić information content (AvgIpc) is 2.58. The monoisotopic (exact) mass is 388 g/mol. The predicted molar refractivity (Wildman–Crippen MR) is 111 cm³/mol. The van der Waals surface area contributed by atoms with Crippen LogP contribution in [0.4, 0.5) is 5.69 Å². The van der Waals surface area contributed by atoms with E-state index in [1.54, 1.807) is 0 Å². The second kappa shape index (κ2) is 9.04. The molecule has 1 N–H and O–H groups in total. The van der Waals surface area contributed by atoms with Crippen molar-refractivity contribution in [2.75, 3.05) is 23.7 Å². The first kappa shape index (κ1) is 21.0. The van der Waals surface area contributed by atoms with Gasteiger partial charge in [0, 0.05) is 13.0 Å². The van der Waals surface area contributed by atoms with Gasteiger partial charge < -0.3 is 5.32 Å². The molecule has 146 valence electrons. The number of nitrogens with zero attached hydrogens (tertiary/aromatic N) is 1. The molecule has 0 atom stereocenters. The van der Waals surface area contributed by atoms with Crippen molar-refractivity contribution < 1.29 is 13.2 Å². The molecular weight excluding hydrogens is 360 g/mol. The first-order chi connectivity index (χ1) is 12.7. The van der Waals surface area contributed by atoms with E-state index in [9.17, 15) is 13.2 Å². The van der Waals surface area contributed by atoms with Crippen LogP contribution in [0, 0.1) is 20.8 Å². The fourth-order valence-electron chi connectivity index (χ4n) is 3.30. The van der Waals surface area contributed by atoms with Crippen molar-refractivity contribution in [2.45, 2.75) is 33.6 Å². The maximum Gasteiger partial charge on any atom is 0.232 e. The molecule has 0 radical (unpaired) electrons. The zero-order valence-electron chi connectivity index (χ0n) is 16.5. The maximum atomic E-state index is 12.3. The lowest BCUT2D eigenvalue weighted by molar-refractivity contribution is -0.120. The normalized spacial score (nSPS) is 11.3. The lowest BCUT2D eigenvalue weighted by Crippen LogP contribution is -2.39. The second-order valence-electron chi connectivity index (χ2n) is 6.92. The molecule has 27 heavy (non-hydrogen) atoms. The third-order valence-corrected chi connectivity index (χ3v) is 5.57. The number of carbonyl (C=O) groups is 1. The summed E-state index contributed by atoms with van der Waals surface area (Å²) in [6.45, 7) is 6.29. The Morgan fingerprint density at radius 2 is 1.63 bits per heavy atom. The molecule has 5 nitrogen and oxygen atoms in total. The lowest BCUT2D eigenvalue weighted by Gasteiger charge is -2.26. The molecule has 2 aromatic carbocycles. The summed E-state index contributed by atoms with van der Waals surface area (Å²) in [5.74, 6) is -0.0790. The Bertz CT molecular complexity index is 870. The number of rotatable bonds is 8. The molecule has 2 aromatic rings. The summed E-state index contributed by atoms with van der Waals surface area (Å²) < 4.78 is 26.0. The van der Waals surface area contributed by atoms with Gasteiger partial charge in [-0.2, -0.15) is 0 Å². The van der Waals surface area contributed by atoms with Crippen LogP contribution < -0.4 is 9.62 Å². The van der Waals surface area contributed by atoms with Gasteiger partial charge in [0.05, 0.1) is 18.5 Å². The highest BCUT2D eigenvalue weighted by atomic mass is 32.2. The van der Waals surface area contributed by atoms with E-state index in [4.69, 9.17) is 0 Å². The number of hydrogen-bond donors (Lipinski definition) is 1. The summed E-state index contributed by atoms with van der Waals surface area (Å²) in [5.41, 5.74) is 4.72. The number of sulfonamides is 1. The first-order valence-electron chi connectivity index (χ1n) is 9.04. The summed E-state index contributed by atoms with van der Waals surface area (Å²) in [6, 6.07) is 13.8. The third-order valence-electron chi connectivity index (χ3n) is 4.41. The number of nitrogens with one attached hydrogen (secondary N) is 1. The topological polar surface area (TPSA) is 66.5 Å².